The molecule has 0 heterocycles. The van der Waals surface area contributed by atoms with Gasteiger partial charge in [-0.3, -0.25) is 0 Å². The highest BCUT2D eigenvalue weighted by atomic mass is 16.3. The van der Waals surface area contributed by atoms with Crippen LogP contribution in [0.25, 0.3) is 0 Å². The Morgan fingerprint density at radius 3 is 2.14 bits per heavy atom. The molecular formula is C11H18O3. The first-order valence-corrected chi connectivity index (χ1v) is 4.66. The SMILES string of the molecule is OC/C=C/C=C/[C@@H](CO)C/C=C/CO. The van der Waals surface area contributed by atoms with Gasteiger partial charge in [-0.2, -0.15) is 0 Å². The molecule has 0 saturated heterocycles. The Hall–Kier alpha value is -0.900. The first-order valence-electron chi connectivity index (χ1n) is 4.66. The van der Waals surface area contributed by atoms with Crippen LogP contribution in [0.3, 0.4) is 0 Å². The van der Waals surface area contributed by atoms with Crippen molar-refractivity contribution in [3.8, 4) is 0 Å². The summed E-state index contributed by atoms with van der Waals surface area (Å²) in [7, 11) is 0. The van der Waals surface area contributed by atoms with E-state index in [-0.39, 0.29) is 25.7 Å². The summed E-state index contributed by atoms with van der Waals surface area (Å²) in [6, 6.07) is 0. The van der Waals surface area contributed by atoms with Crippen LogP contribution >= 0.6 is 0 Å². The zero-order valence-electron chi connectivity index (χ0n) is 8.21. The van der Waals surface area contributed by atoms with Crippen LogP contribution in [0.1, 0.15) is 6.42 Å². The van der Waals surface area contributed by atoms with Crippen molar-refractivity contribution < 1.29 is 15.3 Å². The standard InChI is InChI=1S/C11H18O3/c12-8-4-1-2-6-11(10-14)7-3-5-9-13/h1-6,11-14H,7-10H2/b4-1+,5-3+,6-2+/t11-/m1/s1. The van der Waals surface area contributed by atoms with Gasteiger partial charge in [0.25, 0.3) is 0 Å². The van der Waals surface area contributed by atoms with E-state index in [4.69, 9.17) is 15.3 Å². The molecule has 0 bridgehead atoms. The van der Waals surface area contributed by atoms with E-state index in [1.807, 2.05) is 12.2 Å². The maximum absolute atomic E-state index is 8.96. The van der Waals surface area contributed by atoms with Gasteiger partial charge in [0.1, 0.15) is 0 Å². The lowest BCUT2D eigenvalue weighted by Crippen LogP contribution is -2.00. The minimum atomic E-state index is 0.0263. The Kier molecular flexibility index (Phi) is 9.53. The van der Waals surface area contributed by atoms with E-state index in [9.17, 15) is 0 Å². The summed E-state index contributed by atoms with van der Waals surface area (Å²) in [6.45, 7) is 0.143. The monoisotopic (exact) mass is 198 g/mol. The van der Waals surface area contributed by atoms with Crippen molar-refractivity contribution in [1.82, 2.24) is 0 Å². The molecule has 0 spiro atoms. The molecular weight excluding hydrogens is 180 g/mol. The van der Waals surface area contributed by atoms with Crippen LogP contribution < -0.4 is 0 Å². The van der Waals surface area contributed by atoms with Gasteiger partial charge in [-0.1, -0.05) is 36.5 Å². The normalized spacial score (nSPS) is 14.8. The topological polar surface area (TPSA) is 60.7 Å². The predicted octanol–water partition coefficient (Wildman–Crippen LogP) is 0.638. The summed E-state index contributed by atoms with van der Waals surface area (Å²) in [5.74, 6) is 0.0705. The van der Waals surface area contributed by atoms with Gasteiger partial charge < -0.3 is 15.3 Å². The Morgan fingerprint density at radius 1 is 0.857 bits per heavy atom. The minimum absolute atomic E-state index is 0.0263. The lowest BCUT2D eigenvalue weighted by Gasteiger charge is -2.03. The first-order chi connectivity index (χ1) is 6.85. The third-order valence-corrected chi connectivity index (χ3v) is 1.68. The van der Waals surface area contributed by atoms with E-state index in [0.717, 1.165) is 0 Å². The van der Waals surface area contributed by atoms with Crippen molar-refractivity contribution in [2.24, 2.45) is 5.92 Å². The van der Waals surface area contributed by atoms with E-state index in [1.165, 1.54) is 0 Å². The maximum atomic E-state index is 8.96. The largest absolute Gasteiger partial charge is 0.396 e. The van der Waals surface area contributed by atoms with Crippen molar-refractivity contribution in [3.63, 3.8) is 0 Å². The molecule has 0 fully saturated rings. The molecule has 14 heavy (non-hydrogen) atoms. The van der Waals surface area contributed by atoms with Crippen LogP contribution in [-0.2, 0) is 0 Å². The molecule has 0 aromatic carbocycles. The number of hydrogen-bond acceptors (Lipinski definition) is 3. The van der Waals surface area contributed by atoms with E-state index < -0.39 is 0 Å². The summed E-state index contributed by atoms with van der Waals surface area (Å²) in [6.07, 6.45) is 11.2. The molecule has 3 N–H and O–H groups in total. The van der Waals surface area contributed by atoms with Gasteiger partial charge >= 0.3 is 0 Å². The number of hydrogen-bond donors (Lipinski definition) is 3. The molecule has 1 atom stereocenters. The van der Waals surface area contributed by atoms with E-state index in [2.05, 4.69) is 0 Å². The van der Waals surface area contributed by atoms with Crippen molar-refractivity contribution in [1.29, 1.82) is 0 Å². The summed E-state index contributed by atoms with van der Waals surface area (Å²) in [5.41, 5.74) is 0. The van der Waals surface area contributed by atoms with Crippen LogP contribution in [0.2, 0.25) is 0 Å². The fraction of sp³-hybridized carbons (Fsp3) is 0.455. The van der Waals surface area contributed by atoms with E-state index in [0.29, 0.717) is 6.42 Å². The smallest absolute Gasteiger partial charge is 0.0615 e. The van der Waals surface area contributed by atoms with Gasteiger partial charge in [-0.05, 0) is 6.42 Å². The summed E-state index contributed by atoms with van der Waals surface area (Å²) in [4.78, 5) is 0. The van der Waals surface area contributed by atoms with Gasteiger partial charge in [0.05, 0.1) is 13.2 Å². The molecule has 0 aliphatic heterocycles. The van der Waals surface area contributed by atoms with Crippen molar-refractivity contribution in [2.45, 2.75) is 6.42 Å². The maximum Gasteiger partial charge on any atom is 0.0615 e. The summed E-state index contributed by atoms with van der Waals surface area (Å²) < 4.78 is 0. The molecule has 0 radical (unpaired) electrons. The van der Waals surface area contributed by atoms with Crippen LogP contribution in [0.4, 0.5) is 0 Å². The first kappa shape index (κ1) is 13.1. The molecule has 0 aromatic rings. The van der Waals surface area contributed by atoms with E-state index in [1.54, 1.807) is 24.3 Å². The fourth-order valence-corrected chi connectivity index (χ4v) is 0.920. The molecule has 80 valence electrons. The van der Waals surface area contributed by atoms with Crippen LogP contribution in [0.5, 0.6) is 0 Å². The highest BCUT2D eigenvalue weighted by Gasteiger charge is 1.98. The molecule has 0 aromatic heterocycles. The molecule has 0 aliphatic carbocycles. The molecule has 3 nitrogen and oxygen atoms in total. The van der Waals surface area contributed by atoms with E-state index >= 15 is 0 Å². The Labute approximate surface area is 84.7 Å². The third kappa shape index (κ3) is 7.73. The third-order valence-electron chi connectivity index (χ3n) is 1.68. The lowest BCUT2D eigenvalue weighted by atomic mass is 10.1. The van der Waals surface area contributed by atoms with Crippen LogP contribution in [0, 0.1) is 5.92 Å². The highest BCUT2D eigenvalue weighted by Crippen LogP contribution is 2.05. The summed E-state index contributed by atoms with van der Waals surface area (Å²) >= 11 is 0. The van der Waals surface area contributed by atoms with Gasteiger partial charge in [0.15, 0.2) is 0 Å². The van der Waals surface area contributed by atoms with Gasteiger partial charge in [0.2, 0.25) is 0 Å². The highest BCUT2D eigenvalue weighted by molar-refractivity contribution is 5.05. The second-order valence-corrected chi connectivity index (χ2v) is 2.83. The second-order valence-electron chi connectivity index (χ2n) is 2.83. The number of allylic oxidation sites excluding steroid dienone is 3. The van der Waals surface area contributed by atoms with Gasteiger partial charge in [-0.25, -0.2) is 0 Å². The Bertz CT molecular complexity index is 195. The zero-order chi connectivity index (χ0) is 10.6. The van der Waals surface area contributed by atoms with Crippen molar-refractivity contribution >= 4 is 0 Å². The average molecular weight is 198 g/mol. The Morgan fingerprint density at radius 2 is 1.57 bits per heavy atom. The fourth-order valence-electron chi connectivity index (χ4n) is 0.920. The lowest BCUT2D eigenvalue weighted by molar-refractivity contribution is 0.253. The van der Waals surface area contributed by atoms with Crippen LogP contribution in [0.15, 0.2) is 36.5 Å². The molecule has 3 heteroatoms. The molecule has 0 unspecified atom stereocenters. The van der Waals surface area contributed by atoms with Crippen molar-refractivity contribution in [2.75, 3.05) is 19.8 Å². The molecule has 0 saturated carbocycles. The van der Waals surface area contributed by atoms with Gasteiger partial charge in [-0.15, -0.1) is 0 Å². The molecule has 0 rings (SSSR count). The quantitative estimate of drug-likeness (QED) is 0.415. The van der Waals surface area contributed by atoms with Crippen LogP contribution in [-0.4, -0.2) is 35.1 Å². The van der Waals surface area contributed by atoms with Gasteiger partial charge in [0, 0.05) is 12.5 Å². The predicted molar refractivity (Wildman–Crippen MR) is 56.8 cm³/mol. The number of rotatable bonds is 7. The molecule has 0 aliphatic rings. The number of aliphatic hydroxyl groups is 3. The second kappa shape index (κ2) is 10.2. The van der Waals surface area contributed by atoms with Crippen molar-refractivity contribution in [3.05, 3.63) is 36.5 Å². The Balaban J connectivity index is 3.83. The minimum Gasteiger partial charge on any atom is -0.396 e. The average Bonchev–Trinajstić information content (AvgIpc) is 2.22. The molecule has 0 amide bonds. The zero-order valence-corrected chi connectivity index (χ0v) is 8.21. The number of aliphatic hydroxyl groups excluding tert-OH is 3. The summed E-state index contributed by atoms with van der Waals surface area (Å²) in [5, 5.41) is 25.9.